The lowest BCUT2D eigenvalue weighted by atomic mass is 9.81. The standard InChI is InChI=1S/C20H25N3O5/c1-22-19(27)23(18(26)20(22)10-4-3-5-11-20)13-16(24)21-12-14-6-8-15(9-7-14)17(25)28-2/h6-9H,3-5,10-13H2,1-2H3,(H,21,24). The number of urea groups is 1. The van der Waals surface area contributed by atoms with Crippen LogP contribution in [0.25, 0.3) is 0 Å². The van der Waals surface area contributed by atoms with E-state index in [2.05, 4.69) is 10.1 Å². The normalized spacial score (nSPS) is 18.5. The Bertz CT molecular complexity index is 784. The third-order valence-electron chi connectivity index (χ3n) is 5.65. The summed E-state index contributed by atoms with van der Waals surface area (Å²) in [7, 11) is 2.96. The second kappa shape index (κ2) is 8.00. The zero-order valence-corrected chi connectivity index (χ0v) is 16.2. The number of carbonyl (C=O) groups excluding carboxylic acids is 4. The highest BCUT2D eigenvalue weighted by Crippen LogP contribution is 2.39. The van der Waals surface area contributed by atoms with Crippen LogP contribution in [-0.2, 0) is 20.9 Å². The largest absolute Gasteiger partial charge is 0.465 e. The average molecular weight is 387 g/mol. The number of imide groups is 1. The maximum Gasteiger partial charge on any atom is 0.337 e. The maximum absolute atomic E-state index is 12.9. The maximum atomic E-state index is 12.9. The first-order valence-corrected chi connectivity index (χ1v) is 9.43. The first-order chi connectivity index (χ1) is 13.4. The summed E-state index contributed by atoms with van der Waals surface area (Å²) in [6, 6.07) is 6.24. The quantitative estimate of drug-likeness (QED) is 0.613. The molecule has 0 aromatic heterocycles. The predicted octanol–water partition coefficient (Wildman–Crippen LogP) is 1.69. The Morgan fingerprint density at radius 2 is 1.75 bits per heavy atom. The molecule has 0 bridgehead atoms. The molecule has 1 heterocycles. The molecule has 1 spiro atoms. The van der Waals surface area contributed by atoms with Gasteiger partial charge in [-0.15, -0.1) is 0 Å². The van der Waals surface area contributed by atoms with E-state index in [-0.39, 0.29) is 19.0 Å². The van der Waals surface area contributed by atoms with Gasteiger partial charge < -0.3 is 15.0 Å². The van der Waals surface area contributed by atoms with Crippen LogP contribution in [0.2, 0.25) is 0 Å². The third kappa shape index (κ3) is 3.58. The molecule has 1 saturated carbocycles. The van der Waals surface area contributed by atoms with Crippen molar-refractivity contribution in [1.29, 1.82) is 0 Å². The molecule has 1 saturated heterocycles. The number of hydrogen-bond donors (Lipinski definition) is 1. The Morgan fingerprint density at radius 1 is 1.11 bits per heavy atom. The van der Waals surface area contributed by atoms with Gasteiger partial charge in [-0.1, -0.05) is 31.4 Å². The van der Waals surface area contributed by atoms with Crippen LogP contribution in [0.3, 0.4) is 0 Å². The number of benzene rings is 1. The fraction of sp³-hybridized carbons (Fsp3) is 0.500. The van der Waals surface area contributed by atoms with Crippen LogP contribution in [0, 0.1) is 0 Å². The Hall–Kier alpha value is -2.90. The molecule has 2 fully saturated rings. The van der Waals surface area contributed by atoms with Gasteiger partial charge in [-0.3, -0.25) is 14.5 Å². The van der Waals surface area contributed by atoms with E-state index in [9.17, 15) is 19.2 Å². The Morgan fingerprint density at radius 3 is 2.36 bits per heavy atom. The second-order valence-electron chi connectivity index (χ2n) is 7.29. The summed E-state index contributed by atoms with van der Waals surface area (Å²) in [4.78, 5) is 51.7. The fourth-order valence-corrected chi connectivity index (χ4v) is 3.95. The Labute approximate surface area is 163 Å². The number of esters is 1. The number of nitrogens with one attached hydrogen (secondary N) is 1. The number of methoxy groups -OCH3 is 1. The number of likely N-dealkylation sites (N-methyl/N-ethyl adjacent to an activating group) is 1. The molecular formula is C20H25N3O5. The van der Waals surface area contributed by atoms with E-state index < -0.39 is 23.4 Å². The van der Waals surface area contributed by atoms with Gasteiger partial charge >= 0.3 is 12.0 Å². The molecule has 1 aromatic carbocycles. The molecule has 4 amide bonds. The highest BCUT2D eigenvalue weighted by atomic mass is 16.5. The van der Waals surface area contributed by atoms with Crippen molar-refractivity contribution >= 4 is 23.8 Å². The van der Waals surface area contributed by atoms with E-state index in [1.54, 1.807) is 31.3 Å². The molecule has 0 radical (unpaired) electrons. The first-order valence-electron chi connectivity index (χ1n) is 9.43. The molecule has 1 aliphatic heterocycles. The van der Waals surface area contributed by atoms with Gasteiger partial charge in [-0.2, -0.15) is 0 Å². The lowest BCUT2D eigenvalue weighted by molar-refractivity contribution is -0.137. The van der Waals surface area contributed by atoms with Crippen molar-refractivity contribution < 1.29 is 23.9 Å². The molecule has 0 unspecified atom stereocenters. The third-order valence-corrected chi connectivity index (χ3v) is 5.65. The first kappa shape index (κ1) is 19.9. The minimum absolute atomic E-state index is 0.234. The van der Waals surface area contributed by atoms with E-state index in [1.165, 1.54) is 12.0 Å². The van der Waals surface area contributed by atoms with E-state index in [0.717, 1.165) is 29.7 Å². The summed E-state index contributed by atoms with van der Waals surface area (Å²) in [5, 5.41) is 2.72. The Balaban J connectivity index is 1.58. The Kier molecular flexibility index (Phi) is 5.67. The molecule has 3 rings (SSSR count). The molecule has 28 heavy (non-hydrogen) atoms. The van der Waals surface area contributed by atoms with Crippen LogP contribution in [0.5, 0.6) is 0 Å². The highest BCUT2D eigenvalue weighted by molar-refractivity contribution is 6.08. The fourth-order valence-electron chi connectivity index (χ4n) is 3.95. The van der Waals surface area contributed by atoms with Gasteiger partial charge in [0.1, 0.15) is 12.1 Å². The summed E-state index contributed by atoms with van der Waals surface area (Å²) < 4.78 is 4.64. The monoisotopic (exact) mass is 387 g/mol. The molecule has 1 aliphatic carbocycles. The van der Waals surface area contributed by atoms with Gasteiger partial charge in [0.2, 0.25) is 5.91 Å². The van der Waals surface area contributed by atoms with Gasteiger partial charge in [0, 0.05) is 13.6 Å². The predicted molar refractivity (Wildman–Crippen MR) is 100 cm³/mol. The molecule has 0 atom stereocenters. The summed E-state index contributed by atoms with van der Waals surface area (Å²) in [5.74, 6) is -1.10. The van der Waals surface area contributed by atoms with Crippen molar-refractivity contribution in [3.05, 3.63) is 35.4 Å². The van der Waals surface area contributed by atoms with Crippen molar-refractivity contribution in [3.8, 4) is 0 Å². The van der Waals surface area contributed by atoms with Crippen LogP contribution in [0.4, 0.5) is 4.79 Å². The molecule has 1 N–H and O–H groups in total. The van der Waals surface area contributed by atoms with E-state index in [4.69, 9.17) is 0 Å². The van der Waals surface area contributed by atoms with E-state index >= 15 is 0 Å². The number of hydrogen-bond acceptors (Lipinski definition) is 5. The topological polar surface area (TPSA) is 96.0 Å². The van der Waals surface area contributed by atoms with Crippen LogP contribution < -0.4 is 5.32 Å². The van der Waals surface area contributed by atoms with Crippen LogP contribution in [0.15, 0.2) is 24.3 Å². The zero-order valence-electron chi connectivity index (χ0n) is 16.2. The zero-order chi connectivity index (χ0) is 20.3. The average Bonchev–Trinajstić information content (AvgIpc) is 2.89. The van der Waals surface area contributed by atoms with Crippen molar-refractivity contribution in [2.45, 2.75) is 44.2 Å². The number of ether oxygens (including phenoxy) is 1. The number of amides is 4. The number of nitrogens with zero attached hydrogens (tertiary/aromatic N) is 2. The SMILES string of the molecule is COC(=O)c1ccc(CNC(=O)CN2C(=O)N(C)C3(CCCCC3)C2=O)cc1. The van der Waals surface area contributed by atoms with Crippen molar-refractivity contribution in [1.82, 2.24) is 15.1 Å². The van der Waals surface area contributed by atoms with Crippen LogP contribution in [-0.4, -0.2) is 59.9 Å². The number of carbonyl (C=O) groups is 4. The summed E-state index contributed by atoms with van der Waals surface area (Å²) >= 11 is 0. The molecule has 1 aromatic rings. The molecular weight excluding hydrogens is 362 g/mol. The molecule has 150 valence electrons. The van der Waals surface area contributed by atoms with Gasteiger partial charge in [0.25, 0.3) is 5.91 Å². The van der Waals surface area contributed by atoms with Crippen molar-refractivity contribution in [2.75, 3.05) is 20.7 Å². The van der Waals surface area contributed by atoms with E-state index in [1.807, 2.05) is 0 Å². The number of rotatable bonds is 5. The van der Waals surface area contributed by atoms with Crippen LogP contribution >= 0.6 is 0 Å². The molecule has 8 nitrogen and oxygen atoms in total. The molecule has 2 aliphatic rings. The van der Waals surface area contributed by atoms with Gasteiger partial charge in [0.05, 0.1) is 12.7 Å². The van der Waals surface area contributed by atoms with Gasteiger partial charge in [0.15, 0.2) is 0 Å². The highest BCUT2D eigenvalue weighted by Gasteiger charge is 2.55. The van der Waals surface area contributed by atoms with Crippen LogP contribution in [0.1, 0.15) is 48.0 Å². The lowest BCUT2D eigenvalue weighted by Gasteiger charge is -2.35. The minimum Gasteiger partial charge on any atom is -0.465 e. The lowest BCUT2D eigenvalue weighted by Crippen LogP contribution is -2.49. The smallest absolute Gasteiger partial charge is 0.337 e. The second-order valence-corrected chi connectivity index (χ2v) is 7.29. The summed E-state index contributed by atoms with van der Waals surface area (Å²) in [6.45, 7) is -0.0541. The summed E-state index contributed by atoms with van der Waals surface area (Å²) in [6.07, 6.45) is 4.18. The van der Waals surface area contributed by atoms with Gasteiger partial charge in [-0.25, -0.2) is 9.59 Å². The minimum atomic E-state index is -0.778. The van der Waals surface area contributed by atoms with Gasteiger partial charge in [-0.05, 0) is 30.5 Å². The van der Waals surface area contributed by atoms with Crippen molar-refractivity contribution in [2.24, 2.45) is 0 Å². The summed E-state index contributed by atoms with van der Waals surface area (Å²) in [5.41, 5.74) is 0.437. The van der Waals surface area contributed by atoms with E-state index in [0.29, 0.717) is 18.4 Å². The van der Waals surface area contributed by atoms with Crippen molar-refractivity contribution in [3.63, 3.8) is 0 Å². The molecule has 8 heteroatoms.